The van der Waals surface area contributed by atoms with Gasteiger partial charge in [0.05, 0.1) is 11.8 Å². The van der Waals surface area contributed by atoms with Crippen LogP contribution in [-0.4, -0.2) is 32.0 Å². The van der Waals surface area contributed by atoms with Crippen molar-refractivity contribution in [3.63, 3.8) is 0 Å². The van der Waals surface area contributed by atoms with E-state index in [1.807, 2.05) is 13.8 Å². The summed E-state index contributed by atoms with van der Waals surface area (Å²) in [5, 5.41) is 0.369. The summed E-state index contributed by atoms with van der Waals surface area (Å²) in [6, 6.07) is 10.2. The number of halogens is 2. The number of benzene rings is 2. The molecule has 2 aromatic rings. The summed E-state index contributed by atoms with van der Waals surface area (Å²) in [6.07, 6.45) is 0.932. The lowest BCUT2D eigenvalue weighted by atomic mass is 10.1. The summed E-state index contributed by atoms with van der Waals surface area (Å²) < 4.78 is 42.1. The molecule has 0 saturated carbocycles. The zero-order valence-corrected chi connectivity index (χ0v) is 16.8. The smallest absolute Gasteiger partial charge is 0.306 e. The van der Waals surface area contributed by atoms with E-state index >= 15 is 0 Å². The lowest BCUT2D eigenvalue weighted by Gasteiger charge is -2.26. The van der Waals surface area contributed by atoms with Crippen molar-refractivity contribution in [3.05, 3.63) is 64.4 Å². The zero-order valence-electron chi connectivity index (χ0n) is 15.3. The molecule has 0 aliphatic carbocycles. The summed E-state index contributed by atoms with van der Waals surface area (Å²) >= 11 is 6.03. The summed E-state index contributed by atoms with van der Waals surface area (Å²) in [4.78, 5) is 14.3. The van der Waals surface area contributed by atoms with Gasteiger partial charge in [-0.15, -0.1) is 0 Å². The van der Waals surface area contributed by atoms with E-state index in [0.29, 0.717) is 17.1 Å². The molecule has 0 N–H and O–H groups in total. The van der Waals surface area contributed by atoms with Crippen molar-refractivity contribution < 1.29 is 21.8 Å². The van der Waals surface area contributed by atoms with Crippen LogP contribution < -0.4 is 4.18 Å². The predicted octanol–water partition coefficient (Wildman–Crippen LogP) is 4.12. The molecule has 5 nitrogen and oxygen atoms in total. The van der Waals surface area contributed by atoms with Crippen LogP contribution in [0.25, 0.3) is 0 Å². The third kappa shape index (κ3) is 6.22. The maximum absolute atomic E-state index is 14.1. The van der Waals surface area contributed by atoms with Gasteiger partial charge in [0.25, 0.3) is 5.91 Å². The summed E-state index contributed by atoms with van der Waals surface area (Å²) in [5.74, 6) is -0.918. The van der Waals surface area contributed by atoms with Crippen molar-refractivity contribution in [2.24, 2.45) is 5.92 Å². The number of rotatable bonds is 7. The number of hydrogen-bond donors (Lipinski definition) is 0. The summed E-state index contributed by atoms with van der Waals surface area (Å²) in [6.45, 7) is 4.22. The number of hydrogen-bond acceptors (Lipinski definition) is 4. The minimum absolute atomic E-state index is 0.0246. The second kappa shape index (κ2) is 8.71. The number of nitrogens with zero attached hydrogens (tertiary/aromatic N) is 1. The molecule has 0 aliphatic heterocycles. The minimum atomic E-state index is -3.76. The summed E-state index contributed by atoms with van der Waals surface area (Å²) in [5.41, 5.74) is 0.365. The largest absolute Gasteiger partial charge is 0.382 e. The van der Waals surface area contributed by atoms with E-state index in [0.717, 1.165) is 6.26 Å². The Morgan fingerprint density at radius 3 is 2.48 bits per heavy atom. The van der Waals surface area contributed by atoms with Gasteiger partial charge in [0.2, 0.25) is 0 Å². The van der Waals surface area contributed by atoms with Gasteiger partial charge >= 0.3 is 10.1 Å². The molecule has 0 radical (unpaired) electrons. The second-order valence-electron chi connectivity index (χ2n) is 6.60. The summed E-state index contributed by atoms with van der Waals surface area (Å²) in [7, 11) is -3.76. The molecule has 27 heavy (non-hydrogen) atoms. The molecular weight excluding hydrogens is 393 g/mol. The molecule has 0 aliphatic rings. The first-order valence-electron chi connectivity index (χ1n) is 8.28. The van der Waals surface area contributed by atoms with Gasteiger partial charge in [-0.2, -0.15) is 8.42 Å². The average molecular weight is 414 g/mol. The molecular formula is C19H21ClFNO4S. The lowest BCUT2D eigenvalue weighted by Crippen LogP contribution is -2.34. The van der Waals surface area contributed by atoms with Crippen LogP contribution in [0.2, 0.25) is 5.02 Å². The molecule has 0 bridgehead atoms. The molecule has 0 atom stereocenters. The van der Waals surface area contributed by atoms with Gasteiger partial charge < -0.3 is 9.08 Å². The molecule has 0 spiro atoms. The first kappa shape index (κ1) is 21.2. The third-order valence-electron chi connectivity index (χ3n) is 3.60. The van der Waals surface area contributed by atoms with Crippen molar-refractivity contribution in [1.82, 2.24) is 4.90 Å². The fourth-order valence-electron chi connectivity index (χ4n) is 2.59. The molecule has 8 heteroatoms. The zero-order chi connectivity index (χ0) is 20.2. The molecule has 0 fully saturated rings. The van der Waals surface area contributed by atoms with Gasteiger partial charge in [-0.05, 0) is 36.2 Å². The molecule has 2 aromatic carbocycles. The maximum atomic E-state index is 14.1. The average Bonchev–Trinajstić information content (AvgIpc) is 2.55. The Kier molecular flexibility index (Phi) is 6.84. The number of amides is 1. The van der Waals surface area contributed by atoms with Gasteiger partial charge in [0, 0.05) is 23.7 Å². The van der Waals surface area contributed by atoms with Gasteiger partial charge in [-0.1, -0.05) is 37.6 Å². The highest BCUT2D eigenvalue weighted by Crippen LogP contribution is 2.26. The molecule has 0 unspecified atom stereocenters. The van der Waals surface area contributed by atoms with Crippen LogP contribution >= 0.6 is 11.6 Å². The Morgan fingerprint density at radius 1 is 1.22 bits per heavy atom. The van der Waals surface area contributed by atoms with Gasteiger partial charge in [-0.25, -0.2) is 4.39 Å². The Labute approximate surface area is 163 Å². The quantitative estimate of drug-likeness (QED) is 0.640. The van der Waals surface area contributed by atoms with E-state index in [1.165, 1.54) is 41.3 Å². The van der Waals surface area contributed by atoms with Crippen molar-refractivity contribution in [2.75, 3.05) is 12.8 Å². The van der Waals surface area contributed by atoms with E-state index in [4.69, 9.17) is 15.8 Å². The molecule has 0 aromatic heterocycles. The SMILES string of the molecule is CC(C)CN(Cc1cc(Cl)ccc1OS(C)(=O)=O)C(=O)c1ccccc1F. The van der Waals surface area contributed by atoms with Crippen molar-refractivity contribution in [2.45, 2.75) is 20.4 Å². The normalized spacial score (nSPS) is 11.5. The fourth-order valence-corrected chi connectivity index (χ4v) is 3.27. The minimum Gasteiger partial charge on any atom is -0.382 e. The van der Waals surface area contributed by atoms with Crippen LogP contribution in [0.3, 0.4) is 0 Å². The standard InChI is InChI=1S/C19H21ClFNO4S/c1-13(2)11-22(19(23)16-6-4-5-7-17(16)21)12-14-10-15(20)8-9-18(14)26-27(3,24)25/h4-10,13H,11-12H2,1-3H3. The van der Waals surface area contributed by atoms with Crippen LogP contribution in [0, 0.1) is 11.7 Å². The lowest BCUT2D eigenvalue weighted by molar-refractivity contribution is 0.0717. The number of carbonyl (C=O) groups excluding carboxylic acids is 1. The van der Waals surface area contributed by atoms with E-state index in [2.05, 4.69) is 0 Å². The highest BCUT2D eigenvalue weighted by molar-refractivity contribution is 7.86. The van der Waals surface area contributed by atoms with Crippen LogP contribution in [0.1, 0.15) is 29.8 Å². The number of carbonyl (C=O) groups is 1. The molecule has 0 saturated heterocycles. The monoisotopic (exact) mass is 413 g/mol. The van der Waals surface area contributed by atoms with E-state index in [1.54, 1.807) is 6.07 Å². The van der Waals surface area contributed by atoms with E-state index in [-0.39, 0.29) is 23.8 Å². The molecule has 146 valence electrons. The highest BCUT2D eigenvalue weighted by Gasteiger charge is 2.22. The van der Waals surface area contributed by atoms with Crippen molar-refractivity contribution >= 4 is 27.6 Å². The second-order valence-corrected chi connectivity index (χ2v) is 8.61. The predicted molar refractivity (Wildman–Crippen MR) is 103 cm³/mol. The van der Waals surface area contributed by atoms with Crippen LogP contribution in [-0.2, 0) is 16.7 Å². The van der Waals surface area contributed by atoms with Gasteiger partial charge in [-0.3, -0.25) is 4.79 Å². The maximum Gasteiger partial charge on any atom is 0.306 e. The van der Waals surface area contributed by atoms with Gasteiger partial charge in [0.15, 0.2) is 0 Å². The van der Waals surface area contributed by atoms with Crippen LogP contribution in [0.4, 0.5) is 4.39 Å². The first-order valence-corrected chi connectivity index (χ1v) is 10.5. The van der Waals surface area contributed by atoms with Crippen molar-refractivity contribution in [3.8, 4) is 5.75 Å². The van der Waals surface area contributed by atoms with E-state index < -0.39 is 21.8 Å². The topological polar surface area (TPSA) is 63.7 Å². The van der Waals surface area contributed by atoms with E-state index in [9.17, 15) is 17.6 Å². The fraction of sp³-hybridized carbons (Fsp3) is 0.316. The Bertz CT molecular complexity index is 931. The Balaban J connectivity index is 2.41. The van der Waals surface area contributed by atoms with Gasteiger partial charge in [0.1, 0.15) is 11.6 Å². The third-order valence-corrected chi connectivity index (χ3v) is 4.32. The highest BCUT2D eigenvalue weighted by atomic mass is 35.5. The van der Waals surface area contributed by atoms with Crippen molar-refractivity contribution in [1.29, 1.82) is 0 Å². The molecule has 0 heterocycles. The van der Waals surface area contributed by atoms with Crippen LogP contribution in [0.5, 0.6) is 5.75 Å². The Hall–Kier alpha value is -2.12. The Morgan fingerprint density at radius 2 is 1.89 bits per heavy atom. The molecule has 2 rings (SSSR count). The molecule has 1 amide bonds. The van der Waals surface area contributed by atoms with Crippen LogP contribution in [0.15, 0.2) is 42.5 Å². The first-order chi connectivity index (χ1) is 12.6.